The fourth-order valence-electron chi connectivity index (χ4n) is 4.39. The van der Waals surface area contributed by atoms with Gasteiger partial charge in [-0.1, -0.05) is 19.8 Å². The zero-order valence-corrected chi connectivity index (χ0v) is 15.8. The van der Waals surface area contributed by atoms with E-state index in [1.54, 1.807) is 0 Å². The van der Waals surface area contributed by atoms with Gasteiger partial charge in [0.2, 0.25) is 5.91 Å². The van der Waals surface area contributed by atoms with E-state index in [-0.39, 0.29) is 23.6 Å². The number of piperidine rings is 2. The Morgan fingerprint density at radius 1 is 1.16 bits per heavy atom. The summed E-state index contributed by atoms with van der Waals surface area (Å²) in [4.78, 5) is 30.9. The molecule has 0 radical (unpaired) electrons. The van der Waals surface area contributed by atoms with Crippen molar-refractivity contribution in [3.63, 3.8) is 0 Å². The van der Waals surface area contributed by atoms with E-state index < -0.39 is 0 Å². The molecule has 0 aromatic carbocycles. The predicted octanol–water partition coefficient (Wildman–Crippen LogP) is 2.47. The molecular formula is C19H33N3O3. The second-order valence-corrected chi connectivity index (χ2v) is 8.03. The smallest absolute Gasteiger partial charge is 0.410 e. The lowest BCUT2D eigenvalue weighted by molar-refractivity contribution is -0.136. The van der Waals surface area contributed by atoms with Crippen LogP contribution >= 0.6 is 0 Å². The molecule has 142 valence electrons. The van der Waals surface area contributed by atoms with E-state index in [0.29, 0.717) is 26.2 Å². The maximum Gasteiger partial charge on any atom is 0.410 e. The number of ether oxygens (including phenoxy) is 1. The number of carbonyl (C=O) groups is 2. The fraction of sp³-hybridized carbons (Fsp3) is 0.895. The third kappa shape index (κ3) is 4.27. The number of likely N-dealkylation sites (tertiary alicyclic amines) is 2. The van der Waals surface area contributed by atoms with Crippen molar-refractivity contribution in [2.24, 2.45) is 0 Å². The van der Waals surface area contributed by atoms with Crippen molar-refractivity contribution in [2.45, 2.75) is 70.4 Å². The molecule has 0 unspecified atom stereocenters. The lowest BCUT2D eigenvalue weighted by atomic mass is 9.91. The van der Waals surface area contributed by atoms with Crippen molar-refractivity contribution in [2.75, 3.05) is 39.3 Å². The van der Waals surface area contributed by atoms with Crippen molar-refractivity contribution < 1.29 is 14.3 Å². The number of carbonyl (C=O) groups excluding carboxylic acids is 2. The van der Waals surface area contributed by atoms with Gasteiger partial charge in [-0.05, 0) is 39.3 Å². The lowest BCUT2D eigenvalue weighted by Gasteiger charge is -2.38. The van der Waals surface area contributed by atoms with Gasteiger partial charge in [-0.3, -0.25) is 9.69 Å². The van der Waals surface area contributed by atoms with E-state index in [4.69, 9.17) is 4.74 Å². The lowest BCUT2D eigenvalue weighted by Crippen LogP contribution is -2.51. The summed E-state index contributed by atoms with van der Waals surface area (Å²) in [7, 11) is 0. The number of rotatable bonds is 5. The monoisotopic (exact) mass is 351 g/mol. The summed E-state index contributed by atoms with van der Waals surface area (Å²) >= 11 is 0. The van der Waals surface area contributed by atoms with Gasteiger partial charge in [0, 0.05) is 32.0 Å². The van der Waals surface area contributed by atoms with Crippen LogP contribution in [-0.2, 0) is 9.53 Å². The highest BCUT2D eigenvalue weighted by Gasteiger charge is 2.48. The molecule has 25 heavy (non-hydrogen) atoms. The first-order valence-electron chi connectivity index (χ1n) is 10.0. The molecular weight excluding hydrogens is 318 g/mol. The second-order valence-electron chi connectivity index (χ2n) is 8.03. The highest BCUT2D eigenvalue weighted by molar-refractivity contribution is 5.78. The number of hydrogen-bond donors (Lipinski definition) is 0. The number of hydrogen-bond acceptors (Lipinski definition) is 4. The molecule has 0 aliphatic carbocycles. The zero-order chi connectivity index (χ0) is 17.9. The van der Waals surface area contributed by atoms with Crippen molar-refractivity contribution in [3.8, 4) is 0 Å². The van der Waals surface area contributed by atoms with Crippen LogP contribution in [0.5, 0.6) is 0 Å². The third-order valence-electron chi connectivity index (χ3n) is 6.07. The van der Waals surface area contributed by atoms with Crippen LogP contribution in [0.15, 0.2) is 0 Å². The molecule has 3 aliphatic heterocycles. The Morgan fingerprint density at radius 3 is 2.48 bits per heavy atom. The van der Waals surface area contributed by atoms with Gasteiger partial charge in [0.05, 0.1) is 13.1 Å². The third-order valence-corrected chi connectivity index (χ3v) is 6.07. The van der Waals surface area contributed by atoms with E-state index in [0.717, 1.165) is 38.8 Å². The summed E-state index contributed by atoms with van der Waals surface area (Å²) in [6.07, 6.45) is 7.13. The highest BCUT2D eigenvalue weighted by Crippen LogP contribution is 2.34. The first kappa shape index (κ1) is 18.5. The zero-order valence-electron chi connectivity index (χ0n) is 15.8. The Morgan fingerprint density at radius 2 is 1.84 bits per heavy atom. The van der Waals surface area contributed by atoms with Gasteiger partial charge >= 0.3 is 6.09 Å². The van der Waals surface area contributed by atoms with Gasteiger partial charge in [-0.15, -0.1) is 0 Å². The second kappa shape index (κ2) is 7.94. The molecule has 1 spiro atoms. The van der Waals surface area contributed by atoms with Crippen LogP contribution in [0.2, 0.25) is 0 Å². The van der Waals surface area contributed by atoms with Gasteiger partial charge in [-0.2, -0.15) is 0 Å². The first-order valence-corrected chi connectivity index (χ1v) is 10.0. The Hall–Kier alpha value is -1.30. The Kier molecular flexibility index (Phi) is 5.87. The van der Waals surface area contributed by atoms with E-state index in [9.17, 15) is 9.59 Å². The Labute approximate surface area is 151 Å². The predicted molar refractivity (Wildman–Crippen MR) is 96.4 cm³/mol. The van der Waals surface area contributed by atoms with Crippen molar-refractivity contribution in [1.29, 1.82) is 0 Å². The van der Waals surface area contributed by atoms with Crippen molar-refractivity contribution in [1.82, 2.24) is 14.7 Å². The minimum Gasteiger partial charge on any atom is -0.441 e. The molecule has 3 heterocycles. The molecule has 0 bridgehead atoms. The van der Waals surface area contributed by atoms with Crippen molar-refractivity contribution >= 4 is 12.0 Å². The van der Waals surface area contributed by atoms with Gasteiger partial charge < -0.3 is 14.5 Å². The summed E-state index contributed by atoms with van der Waals surface area (Å²) in [5.41, 5.74) is -0.374. The number of amides is 2. The highest BCUT2D eigenvalue weighted by atomic mass is 16.6. The fourth-order valence-corrected chi connectivity index (χ4v) is 4.39. The molecule has 3 aliphatic rings. The topological polar surface area (TPSA) is 53.1 Å². The summed E-state index contributed by atoms with van der Waals surface area (Å²) in [6.45, 7) is 8.97. The average Bonchev–Trinajstić information content (AvgIpc) is 2.93. The van der Waals surface area contributed by atoms with E-state index in [1.165, 1.54) is 19.3 Å². The van der Waals surface area contributed by atoms with Crippen LogP contribution in [0.3, 0.4) is 0 Å². The average molecular weight is 351 g/mol. The molecule has 6 heteroatoms. The van der Waals surface area contributed by atoms with Crippen molar-refractivity contribution in [3.05, 3.63) is 0 Å². The van der Waals surface area contributed by atoms with Crippen LogP contribution in [0.1, 0.15) is 58.8 Å². The van der Waals surface area contributed by atoms with Gasteiger partial charge in [-0.25, -0.2) is 4.79 Å². The molecule has 1 atom stereocenters. The molecule has 3 fully saturated rings. The summed E-state index contributed by atoms with van der Waals surface area (Å²) < 4.78 is 5.79. The van der Waals surface area contributed by atoms with E-state index in [2.05, 4.69) is 18.7 Å². The van der Waals surface area contributed by atoms with Gasteiger partial charge in [0.15, 0.2) is 0 Å². The first-order chi connectivity index (χ1) is 12.0. The molecule has 6 nitrogen and oxygen atoms in total. The van der Waals surface area contributed by atoms with Gasteiger partial charge in [0.25, 0.3) is 0 Å². The largest absolute Gasteiger partial charge is 0.441 e. The molecule has 0 N–H and O–H groups in total. The van der Waals surface area contributed by atoms with E-state index in [1.807, 2.05) is 9.80 Å². The quantitative estimate of drug-likeness (QED) is 0.764. The minimum atomic E-state index is -0.374. The van der Waals surface area contributed by atoms with Crippen LogP contribution < -0.4 is 0 Å². The van der Waals surface area contributed by atoms with E-state index >= 15 is 0 Å². The van der Waals surface area contributed by atoms with Gasteiger partial charge in [0.1, 0.15) is 5.60 Å². The molecule has 3 saturated heterocycles. The Bertz CT molecular complexity index is 482. The molecule has 0 aromatic heterocycles. The maximum absolute atomic E-state index is 12.6. The summed E-state index contributed by atoms with van der Waals surface area (Å²) in [6, 6.07) is 0.232. The molecule has 3 rings (SSSR count). The Balaban J connectivity index is 1.49. The standard InChI is InChI=1S/C19H33N3O3/c1-3-7-16(2)22-15-19(25-18(22)24)8-12-21(13-9-19)17(23)14-20-10-5-4-6-11-20/h16H,3-15H2,1-2H3/t16-/m1/s1. The summed E-state index contributed by atoms with van der Waals surface area (Å²) in [5.74, 6) is 0.234. The maximum atomic E-state index is 12.6. The minimum absolute atomic E-state index is 0.172. The van der Waals surface area contributed by atoms with Crippen LogP contribution in [0, 0.1) is 0 Å². The van der Waals surface area contributed by atoms with Crippen LogP contribution in [0.4, 0.5) is 4.79 Å². The molecule has 2 amide bonds. The normalized spacial score (nSPS) is 25.3. The number of nitrogens with zero attached hydrogens (tertiary/aromatic N) is 3. The molecule has 0 aromatic rings. The van der Waals surface area contributed by atoms with Crippen LogP contribution in [0.25, 0.3) is 0 Å². The van der Waals surface area contributed by atoms with Crippen LogP contribution in [-0.4, -0.2) is 77.6 Å². The SMILES string of the molecule is CCC[C@@H](C)N1CC2(CCN(C(=O)CN3CCCCC3)CC2)OC1=O. The summed E-state index contributed by atoms with van der Waals surface area (Å²) in [5, 5.41) is 0. The molecule has 0 saturated carbocycles.